The highest BCUT2D eigenvalue weighted by Gasteiger charge is 2.10. The Morgan fingerprint density at radius 3 is 2.48 bits per heavy atom. The summed E-state index contributed by atoms with van der Waals surface area (Å²) < 4.78 is 13.9. The van der Waals surface area contributed by atoms with Crippen LogP contribution in [0.4, 0.5) is 15.8 Å². The molecule has 21 heavy (non-hydrogen) atoms. The predicted molar refractivity (Wildman–Crippen MR) is 87.7 cm³/mol. The van der Waals surface area contributed by atoms with E-state index in [1.165, 1.54) is 0 Å². The smallest absolute Gasteiger partial charge is 0.243 e. The molecule has 1 amide bonds. The van der Waals surface area contributed by atoms with Gasteiger partial charge in [0.15, 0.2) is 0 Å². The number of hydrogen-bond donors (Lipinski definition) is 2. The predicted octanol–water partition coefficient (Wildman–Crippen LogP) is 4.95. The number of halogens is 4. The Kier molecular flexibility index (Phi) is 5.45. The van der Waals surface area contributed by atoms with Crippen LogP contribution in [0.25, 0.3) is 0 Å². The normalized spacial score (nSPS) is 10.3. The van der Waals surface area contributed by atoms with E-state index in [4.69, 9.17) is 23.2 Å². The first-order chi connectivity index (χ1) is 9.95. The molecule has 2 aromatic rings. The van der Waals surface area contributed by atoms with Crippen molar-refractivity contribution < 1.29 is 9.18 Å². The molecule has 7 heteroatoms. The fourth-order valence-electron chi connectivity index (χ4n) is 1.65. The number of rotatable bonds is 4. The van der Waals surface area contributed by atoms with Gasteiger partial charge in [0.1, 0.15) is 5.82 Å². The summed E-state index contributed by atoms with van der Waals surface area (Å²) in [6.07, 6.45) is 0. The van der Waals surface area contributed by atoms with Crippen LogP contribution in [0.2, 0.25) is 10.0 Å². The molecule has 110 valence electrons. The topological polar surface area (TPSA) is 41.1 Å². The number of anilines is 2. The third-order valence-electron chi connectivity index (χ3n) is 2.54. The van der Waals surface area contributed by atoms with Gasteiger partial charge in [-0.2, -0.15) is 0 Å². The molecule has 0 bridgehead atoms. The van der Waals surface area contributed by atoms with Crippen molar-refractivity contribution >= 4 is 56.4 Å². The Balaban J connectivity index is 1.99. The number of benzene rings is 2. The number of hydrogen-bond acceptors (Lipinski definition) is 2. The van der Waals surface area contributed by atoms with Crippen LogP contribution < -0.4 is 10.6 Å². The van der Waals surface area contributed by atoms with Gasteiger partial charge in [-0.3, -0.25) is 4.79 Å². The molecule has 0 heterocycles. The van der Waals surface area contributed by atoms with Gasteiger partial charge in [-0.05, 0) is 30.3 Å². The van der Waals surface area contributed by atoms with Crippen molar-refractivity contribution in [2.24, 2.45) is 0 Å². The molecule has 0 saturated heterocycles. The molecule has 2 rings (SSSR count). The first kappa shape index (κ1) is 16.1. The van der Waals surface area contributed by atoms with Crippen LogP contribution in [0.3, 0.4) is 0 Å². The van der Waals surface area contributed by atoms with Crippen LogP contribution in [0.15, 0.2) is 40.9 Å². The first-order valence-electron chi connectivity index (χ1n) is 5.89. The van der Waals surface area contributed by atoms with Crippen molar-refractivity contribution in [2.75, 3.05) is 17.2 Å². The molecule has 0 aliphatic heterocycles. The van der Waals surface area contributed by atoms with Crippen LogP contribution in [-0.2, 0) is 4.79 Å². The van der Waals surface area contributed by atoms with E-state index in [-0.39, 0.29) is 22.5 Å². The van der Waals surface area contributed by atoms with Gasteiger partial charge in [0, 0.05) is 10.2 Å². The summed E-state index contributed by atoms with van der Waals surface area (Å²) in [6.45, 7) is -0.0441. The highest BCUT2D eigenvalue weighted by atomic mass is 79.9. The number of carbonyl (C=O) groups excluding carboxylic acids is 1. The summed E-state index contributed by atoms with van der Waals surface area (Å²) in [7, 11) is 0. The van der Waals surface area contributed by atoms with Gasteiger partial charge in [-0.25, -0.2) is 4.39 Å². The summed E-state index contributed by atoms with van der Waals surface area (Å²) in [6, 6.07) is 9.45. The van der Waals surface area contributed by atoms with Gasteiger partial charge in [0.2, 0.25) is 5.91 Å². The molecular weight excluding hydrogens is 382 g/mol. The largest absolute Gasteiger partial charge is 0.374 e. The maximum atomic E-state index is 13.1. The van der Waals surface area contributed by atoms with Crippen molar-refractivity contribution in [3.63, 3.8) is 0 Å². The Morgan fingerprint density at radius 2 is 1.86 bits per heavy atom. The average molecular weight is 392 g/mol. The molecule has 0 fully saturated rings. The van der Waals surface area contributed by atoms with Crippen molar-refractivity contribution in [1.82, 2.24) is 0 Å². The van der Waals surface area contributed by atoms with Gasteiger partial charge in [0.05, 0.1) is 22.3 Å². The van der Waals surface area contributed by atoms with Crippen LogP contribution in [-0.4, -0.2) is 12.5 Å². The van der Waals surface area contributed by atoms with Crippen molar-refractivity contribution in [2.45, 2.75) is 0 Å². The zero-order chi connectivity index (χ0) is 15.4. The number of carbonyl (C=O) groups is 1. The fourth-order valence-corrected chi connectivity index (χ4v) is 2.64. The highest BCUT2D eigenvalue weighted by Crippen LogP contribution is 2.31. The molecule has 3 nitrogen and oxygen atoms in total. The van der Waals surface area contributed by atoms with E-state index in [0.717, 1.165) is 16.6 Å². The monoisotopic (exact) mass is 390 g/mol. The first-order valence-corrected chi connectivity index (χ1v) is 7.44. The van der Waals surface area contributed by atoms with E-state index >= 15 is 0 Å². The molecule has 2 N–H and O–H groups in total. The van der Waals surface area contributed by atoms with Crippen LogP contribution in [0.1, 0.15) is 0 Å². The fraction of sp³-hybridized carbons (Fsp3) is 0.0714. The Hall–Kier alpha value is -1.30. The SMILES string of the molecule is O=C(CNc1c(Cl)cc(F)cc1Cl)Nc1cccc(Br)c1. The average Bonchev–Trinajstić information content (AvgIpc) is 2.37. The van der Waals surface area contributed by atoms with Gasteiger partial charge < -0.3 is 10.6 Å². The maximum absolute atomic E-state index is 13.1. The lowest BCUT2D eigenvalue weighted by atomic mass is 10.3. The summed E-state index contributed by atoms with van der Waals surface area (Å²) in [5.74, 6) is -0.807. The van der Waals surface area contributed by atoms with Crippen molar-refractivity contribution in [1.29, 1.82) is 0 Å². The summed E-state index contributed by atoms with van der Waals surface area (Å²) >= 11 is 15.1. The van der Waals surface area contributed by atoms with E-state index in [1.807, 2.05) is 6.07 Å². The maximum Gasteiger partial charge on any atom is 0.243 e. The van der Waals surface area contributed by atoms with E-state index in [9.17, 15) is 9.18 Å². The van der Waals surface area contributed by atoms with Crippen molar-refractivity contribution in [3.05, 3.63) is 56.7 Å². The van der Waals surface area contributed by atoms with E-state index in [0.29, 0.717) is 11.4 Å². The lowest BCUT2D eigenvalue weighted by molar-refractivity contribution is -0.114. The molecular formula is C14H10BrCl2FN2O. The molecule has 0 aromatic heterocycles. The number of amides is 1. The summed E-state index contributed by atoms with van der Waals surface area (Å²) in [5, 5.41) is 5.74. The lowest BCUT2D eigenvalue weighted by Crippen LogP contribution is -2.22. The molecule has 0 radical (unpaired) electrons. The standard InChI is InChI=1S/C14H10BrCl2FN2O/c15-8-2-1-3-10(4-8)20-13(21)7-19-14-11(16)5-9(18)6-12(14)17/h1-6,19H,7H2,(H,20,21). The van der Waals surface area contributed by atoms with E-state index in [1.54, 1.807) is 18.2 Å². The Bertz CT molecular complexity index is 659. The van der Waals surface area contributed by atoms with Crippen LogP contribution >= 0.6 is 39.1 Å². The molecule has 0 aliphatic rings. The third kappa shape index (κ3) is 4.59. The highest BCUT2D eigenvalue weighted by molar-refractivity contribution is 9.10. The third-order valence-corrected chi connectivity index (χ3v) is 3.63. The Labute approximate surface area is 139 Å². The lowest BCUT2D eigenvalue weighted by Gasteiger charge is -2.11. The van der Waals surface area contributed by atoms with E-state index in [2.05, 4.69) is 26.6 Å². The van der Waals surface area contributed by atoms with Crippen molar-refractivity contribution in [3.8, 4) is 0 Å². The summed E-state index contributed by atoms with van der Waals surface area (Å²) in [4.78, 5) is 11.8. The molecule has 2 aromatic carbocycles. The quantitative estimate of drug-likeness (QED) is 0.774. The number of nitrogens with one attached hydrogen (secondary N) is 2. The van der Waals surface area contributed by atoms with Gasteiger partial charge >= 0.3 is 0 Å². The minimum Gasteiger partial charge on any atom is -0.374 e. The zero-order valence-corrected chi connectivity index (χ0v) is 13.7. The second kappa shape index (κ2) is 7.11. The molecule has 0 unspecified atom stereocenters. The molecule has 0 atom stereocenters. The summed E-state index contributed by atoms with van der Waals surface area (Å²) in [5.41, 5.74) is 0.983. The minimum atomic E-state index is -0.533. The zero-order valence-electron chi connectivity index (χ0n) is 10.6. The van der Waals surface area contributed by atoms with Gasteiger partial charge in [-0.15, -0.1) is 0 Å². The second-order valence-electron chi connectivity index (χ2n) is 4.16. The van der Waals surface area contributed by atoms with Gasteiger partial charge in [0.25, 0.3) is 0 Å². The Morgan fingerprint density at radius 1 is 1.19 bits per heavy atom. The van der Waals surface area contributed by atoms with E-state index < -0.39 is 5.82 Å². The van der Waals surface area contributed by atoms with Gasteiger partial charge in [-0.1, -0.05) is 45.2 Å². The second-order valence-corrected chi connectivity index (χ2v) is 5.89. The van der Waals surface area contributed by atoms with Crippen LogP contribution in [0.5, 0.6) is 0 Å². The van der Waals surface area contributed by atoms with Crippen LogP contribution in [0, 0.1) is 5.82 Å². The molecule has 0 spiro atoms. The molecule has 0 saturated carbocycles. The minimum absolute atomic E-state index is 0.0441. The molecule has 0 aliphatic carbocycles.